The number of hydrogen-bond acceptors (Lipinski definition) is 4. The van der Waals surface area contributed by atoms with E-state index in [2.05, 4.69) is 24.3 Å². The molecule has 1 fully saturated rings. The number of carboxylic acid groups (broad SMARTS) is 1. The Labute approximate surface area is 204 Å². The van der Waals surface area contributed by atoms with Gasteiger partial charge in [-0.25, -0.2) is 0 Å². The molecule has 0 bridgehead atoms. The molecule has 6 rings (SSSR count). The number of nitrogens with zero attached hydrogens (tertiary/aromatic N) is 1. The van der Waals surface area contributed by atoms with Crippen LogP contribution in [0.3, 0.4) is 0 Å². The smallest absolute Gasteiger partial charge is 0.304 e. The van der Waals surface area contributed by atoms with Crippen LogP contribution in [0.25, 0.3) is 11.1 Å². The van der Waals surface area contributed by atoms with Crippen molar-refractivity contribution in [1.29, 1.82) is 0 Å². The summed E-state index contributed by atoms with van der Waals surface area (Å²) >= 11 is 0. The molecule has 0 aromatic heterocycles. The summed E-state index contributed by atoms with van der Waals surface area (Å²) in [7, 11) is 0. The molecule has 6 heteroatoms. The predicted molar refractivity (Wildman–Crippen MR) is 132 cm³/mol. The summed E-state index contributed by atoms with van der Waals surface area (Å²) in [6, 6.07) is 20.3. The standard InChI is InChI=1S/C29H27NO5/c31-28-9-4-14-30(28)25-8-2-1-5-23(25)21-6-3-7-24-22(21)12-13-26(24)35-19-10-11-20-18(15-29(32)33)17-34-27(20)16-19/h1-3,5-8,10-11,16,18,26H,4,9,12-15,17H2,(H,32,33). The van der Waals surface area contributed by atoms with E-state index in [0.717, 1.165) is 53.9 Å². The van der Waals surface area contributed by atoms with Gasteiger partial charge in [0.1, 0.15) is 17.6 Å². The molecule has 1 amide bonds. The number of aliphatic carboxylic acids is 1. The number of amides is 1. The van der Waals surface area contributed by atoms with Gasteiger partial charge in [-0.05, 0) is 48.1 Å². The highest BCUT2D eigenvalue weighted by atomic mass is 16.5. The molecule has 178 valence electrons. The van der Waals surface area contributed by atoms with Crippen molar-refractivity contribution in [3.63, 3.8) is 0 Å². The van der Waals surface area contributed by atoms with E-state index in [1.807, 2.05) is 41.3 Å². The third-order valence-corrected chi connectivity index (χ3v) is 7.34. The van der Waals surface area contributed by atoms with Gasteiger partial charge in [-0.1, -0.05) is 42.5 Å². The van der Waals surface area contributed by atoms with E-state index in [9.17, 15) is 9.59 Å². The van der Waals surface area contributed by atoms with Crippen LogP contribution in [0.5, 0.6) is 11.5 Å². The van der Waals surface area contributed by atoms with Crippen LogP contribution in [-0.4, -0.2) is 30.1 Å². The average Bonchev–Trinajstić information content (AvgIpc) is 3.58. The van der Waals surface area contributed by atoms with Crippen LogP contribution < -0.4 is 14.4 Å². The first-order valence-corrected chi connectivity index (χ1v) is 12.3. The van der Waals surface area contributed by atoms with Crippen LogP contribution in [-0.2, 0) is 16.0 Å². The Bertz CT molecular complexity index is 1320. The molecule has 2 heterocycles. The van der Waals surface area contributed by atoms with Gasteiger partial charge in [0.15, 0.2) is 0 Å². The van der Waals surface area contributed by atoms with Crippen molar-refractivity contribution in [2.24, 2.45) is 0 Å². The SMILES string of the molecule is O=C(O)CC1COc2cc(OC3CCc4c(-c5ccccc5N5CCCC5=O)cccc43)ccc21. The largest absolute Gasteiger partial charge is 0.492 e. The van der Waals surface area contributed by atoms with Crippen molar-refractivity contribution >= 4 is 17.6 Å². The maximum absolute atomic E-state index is 12.5. The molecule has 1 saturated heterocycles. The molecule has 6 nitrogen and oxygen atoms in total. The molecule has 3 aromatic rings. The van der Waals surface area contributed by atoms with Gasteiger partial charge < -0.3 is 19.5 Å². The number of anilines is 1. The minimum Gasteiger partial charge on any atom is -0.492 e. The number of ether oxygens (including phenoxy) is 2. The molecular formula is C29H27NO5. The van der Waals surface area contributed by atoms with Gasteiger partial charge in [-0.2, -0.15) is 0 Å². The number of carbonyl (C=O) groups excluding carboxylic acids is 1. The van der Waals surface area contributed by atoms with Gasteiger partial charge in [0, 0.05) is 36.1 Å². The van der Waals surface area contributed by atoms with E-state index < -0.39 is 5.97 Å². The second-order valence-corrected chi connectivity index (χ2v) is 9.49. The quantitative estimate of drug-likeness (QED) is 0.516. The zero-order valence-electron chi connectivity index (χ0n) is 19.4. The lowest BCUT2D eigenvalue weighted by molar-refractivity contribution is -0.137. The highest BCUT2D eigenvalue weighted by molar-refractivity contribution is 5.99. The molecule has 1 N–H and O–H groups in total. The maximum atomic E-state index is 12.5. The van der Waals surface area contributed by atoms with Crippen molar-refractivity contribution in [2.45, 2.75) is 44.1 Å². The summed E-state index contributed by atoms with van der Waals surface area (Å²) < 4.78 is 12.2. The van der Waals surface area contributed by atoms with Crippen molar-refractivity contribution in [3.8, 4) is 22.6 Å². The van der Waals surface area contributed by atoms with Crippen molar-refractivity contribution in [1.82, 2.24) is 0 Å². The lowest BCUT2D eigenvalue weighted by atomic mass is 9.95. The Kier molecular flexibility index (Phi) is 5.44. The van der Waals surface area contributed by atoms with E-state index in [4.69, 9.17) is 14.6 Å². The molecule has 2 unspecified atom stereocenters. The molecular weight excluding hydrogens is 442 g/mol. The van der Waals surface area contributed by atoms with Gasteiger partial charge in [-0.3, -0.25) is 9.59 Å². The van der Waals surface area contributed by atoms with Crippen LogP contribution in [0.4, 0.5) is 5.69 Å². The zero-order chi connectivity index (χ0) is 23.9. The fourth-order valence-corrected chi connectivity index (χ4v) is 5.71. The Morgan fingerprint density at radius 1 is 1.03 bits per heavy atom. The molecule has 0 radical (unpaired) electrons. The fourth-order valence-electron chi connectivity index (χ4n) is 5.71. The second-order valence-electron chi connectivity index (χ2n) is 9.49. The monoisotopic (exact) mass is 469 g/mol. The highest BCUT2D eigenvalue weighted by Gasteiger charge is 2.31. The normalized spacial score (nSPS) is 20.5. The van der Waals surface area contributed by atoms with E-state index >= 15 is 0 Å². The maximum Gasteiger partial charge on any atom is 0.304 e. The number of carbonyl (C=O) groups is 2. The van der Waals surface area contributed by atoms with Crippen molar-refractivity contribution in [3.05, 3.63) is 77.4 Å². The number of hydrogen-bond donors (Lipinski definition) is 1. The first-order valence-electron chi connectivity index (χ1n) is 12.3. The van der Waals surface area contributed by atoms with Crippen LogP contribution in [0, 0.1) is 0 Å². The molecule has 2 atom stereocenters. The van der Waals surface area contributed by atoms with Gasteiger partial charge in [0.2, 0.25) is 5.91 Å². The third-order valence-electron chi connectivity index (χ3n) is 7.34. The third kappa shape index (κ3) is 3.93. The molecule has 35 heavy (non-hydrogen) atoms. The van der Waals surface area contributed by atoms with Crippen LogP contribution in [0.1, 0.15) is 54.4 Å². The average molecular weight is 470 g/mol. The van der Waals surface area contributed by atoms with Crippen molar-refractivity contribution < 1.29 is 24.2 Å². The van der Waals surface area contributed by atoms with E-state index in [0.29, 0.717) is 18.8 Å². The van der Waals surface area contributed by atoms with E-state index in [-0.39, 0.29) is 24.3 Å². The summed E-state index contributed by atoms with van der Waals surface area (Å²) in [6.45, 7) is 1.16. The molecule has 0 spiro atoms. The minimum absolute atomic E-state index is 0.0660. The lowest BCUT2D eigenvalue weighted by Crippen LogP contribution is -2.24. The van der Waals surface area contributed by atoms with Crippen molar-refractivity contribution in [2.75, 3.05) is 18.1 Å². The number of fused-ring (bicyclic) bond motifs is 2. The van der Waals surface area contributed by atoms with Crippen LogP contribution in [0.15, 0.2) is 60.7 Å². The number of rotatable bonds is 6. The van der Waals surface area contributed by atoms with Gasteiger partial charge in [0.05, 0.1) is 18.7 Å². The second kappa shape index (κ2) is 8.77. The fraction of sp³-hybridized carbons (Fsp3) is 0.310. The van der Waals surface area contributed by atoms with Gasteiger partial charge in [0.25, 0.3) is 0 Å². The Morgan fingerprint density at radius 2 is 1.89 bits per heavy atom. The highest BCUT2D eigenvalue weighted by Crippen LogP contribution is 2.44. The number of para-hydroxylation sites is 1. The summed E-state index contributed by atoms with van der Waals surface area (Å²) in [5, 5.41) is 9.13. The summed E-state index contributed by atoms with van der Waals surface area (Å²) in [4.78, 5) is 25.5. The number of benzene rings is 3. The summed E-state index contributed by atoms with van der Waals surface area (Å²) in [5.41, 5.74) is 6.63. The molecule has 0 saturated carbocycles. The molecule has 3 aliphatic rings. The summed E-state index contributed by atoms with van der Waals surface area (Å²) in [5.74, 6) is 0.696. The number of carboxylic acids is 1. The lowest BCUT2D eigenvalue weighted by Gasteiger charge is -2.21. The van der Waals surface area contributed by atoms with Crippen LogP contribution in [0.2, 0.25) is 0 Å². The Morgan fingerprint density at radius 3 is 2.71 bits per heavy atom. The minimum atomic E-state index is -0.819. The Hall–Kier alpha value is -3.80. The summed E-state index contributed by atoms with van der Waals surface area (Å²) in [6.07, 6.45) is 3.28. The van der Waals surface area contributed by atoms with Crippen LogP contribution >= 0.6 is 0 Å². The Balaban J connectivity index is 1.28. The first-order chi connectivity index (χ1) is 17.1. The van der Waals surface area contributed by atoms with E-state index in [1.165, 1.54) is 11.1 Å². The molecule has 3 aromatic carbocycles. The predicted octanol–water partition coefficient (Wildman–Crippen LogP) is 5.50. The molecule has 2 aliphatic heterocycles. The van der Waals surface area contributed by atoms with Gasteiger partial charge >= 0.3 is 5.97 Å². The first kappa shape index (κ1) is 21.7. The molecule has 1 aliphatic carbocycles. The van der Waals surface area contributed by atoms with Gasteiger partial charge in [-0.15, -0.1) is 0 Å². The topological polar surface area (TPSA) is 76.1 Å². The van der Waals surface area contributed by atoms with E-state index in [1.54, 1.807) is 0 Å². The zero-order valence-corrected chi connectivity index (χ0v) is 19.4.